The van der Waals surface area contributed by atoms with E-state index in [1.807, 2.05) is 6.92 Å². The zero-order valence-electron chi connectivity index (χ0n) is 13.0. The predicted octanol–water partition coefficient (Wildman–Crippen LogP) is 2.78. The lowest BCUT2D eigenvalue weighted by Gasteiger charge is -2.13. The highest BCUT2D eigenvalue weighted by Gasteiger charge is 2.33. The van der Waals surface area contributed by atoms with Crippen LogP contribution in [-0.4, -0.2) is 33.4 Å². The molecule has 0 saturated heterocycles. The summed E-state index contributed by atoms with van der Waals surface area (Å²) >= 11 is 0. The van der Waals surface area contributed by atoms with Gasteiger partial charge in [-0.15, -0.1) is 0 Å². The number of aliphatic hydroxyl groups is 1. The van der Waals surface area contributed by atoms with Crippen LogP contribution in [-0.2, 0) is 6.18 Å². The largest absolute Gasteiger partial charge is 0.435 e. The van der Waals surface area contributed by atoms with Crippen molar-refractivity contribution in [2.24, 2.45) is 0 Å². The van der Waals surface area contributed by atoms with Gasteiger partial charge in [0.1, 0.15) is 0 Å². The molecule has 1 aromatic carbocycles. The third kappa shape index (κ3) is 4.58. The van der Waals surface area contributed by atoms with Crippen molar-refractivity contribution in [1.29, 1.82) is 0 Å². The standard InChI is InChI=1S/C16H18F3N3O2/c1-11(4-3-9-23)20-15(24)12-5-2-6-13(10-12)22-8-7-14(21-22)16(17,18)19/h2,5-8,10-11,23H,3-4,9H2,1H3,(H,20,24). The zero-order valence-corrected chi connectivity index (χ0v) is 13.0. The van der Waals surface area contributed by atoms with Crippen LogP contribution in [0.15, 0.2) is 36.5 Å². The summed E-state index contributed by atoms with van der Waals surface area (Å²) in [6.45, 7) is 1.87. The molecule has 2 aromatic rings. The molecule has 0 saturated carbocycles. The predicted molar refractivity (Wildman–Crippen MR) is 81.8 cm³/mol. The van der Waals surface area contributed by atoms with Gasteiger partial charge in [-0.2, -0.15) is 18.3 Å². The SMILES string of the molecule is CC(CCCO)NC(=O)c1cccc(-n2ccc(C(F)(F)F)n2)c1. The maximum Gasteiger partial charge on any atom is 0.435 e. The second-order valence-corrected chi connectivity index (χ2v) is 5.43. The first-order valence-electron chi connectivity index (χ1n) is 7.46. The first kappa shape index (κ1) is 18.0. The number of nitrogens with one attached hydrogen (secondary N) is 1. The molecule has 5 nitrogen and oxygen atoms in total. The lowest BCUT2D eigenvalue weighted by atomic mass is 10.1. The van der Waals surface area contributed by atoms with Crippen LogP contribution in [0.2, 0.25) is 0 Å². The normalized spacial score (nSPS) is 12.9. The number of benzene rings is 1. The Bertz CT molecular complexity index is 698. The molecule has 8 heteroatoms. The van der Waals surface area contributed by atoms with Crippen LogP contribution in [0.3, 0.4) is 0 Å². The van der Waals surface area contributed by atoms with Gasteiger partial charge in [0.15, 0.2) is 5.69 Å². The molecule has 0 fully saturated rings. The highest BCUT2D eigenvalue weighted by molar-refractivity contribution is 5.94. The number of alkyl halides is 3. The first-order chi connectivity index (χ1) is 11.3. The van der Waals surface area contributed by atoms with Gasteiger partial charge in [0.05, 0.1) is 5.69 Å². The number of carbonyl (C=O) groups excluding carboxylic acids is 1. The van der Waals surface area contributed by atoms with E-state index in [0.29, 0.717) is 24.1 Å². The molecule has 130 valence electrons. The van der Waals surface area contributed by atoms with Crippen LogP contribution in [0.1, 0.15) is 35.8 Å². The molecule has 1 heterocycles. The van der Waals surface area contributed by atoms with Gasteiger partial charge in [-0.3, -0.25) is 4.79 Å². The van der Waals surface area contributed by atoms with Gasteiger partial charge < -0.3 is 10.4 Å². The number of hydrogen-bond donors (Lipinski definition) is 2. The van der Waals surface area contributed by atoms with Gasteiger partial charge >= 0.3 is 6.18 Å². The Labute approximate surface area is 137 Å². The van der Waals surface area contributed by atoms with Gasteiger partial charge in [0.25, 0.3) is 5.91 Å². The fourth-order valence-corrected chi connectivity index (χ4v) is 2.19. The molecule has 1 amide bonds. The summed E-state index contributed by atoms with van der Waals surface area (Å²) in [5, 5.41) is 15.1. The number of amides is 1. The van der Waals surface area contributed by atoms with Crippen LogP contribution in [0.4, 0.5) is 13.2 Å². The summed E-state index contributed by atoms with van der Waals surface area (Å²) in [6, 6.07) is 6.96. The highest BCUT2D eigenvalue weighted by Crippen LogP contribution is 2.27. The fraction of sp³-hybridized carbons (Fsp3) is 0.375. The fourth-order valence-electron chi connectivity index (χ4n) is 2.19. The van der Waals surface area contributed by atoms with Crippen LogP contribution in [0.5, 0.6) is 0 Å². The Morgan fingerprint density at radius 1 is 1.38 bits per heavy atom. The van der Waals surface area contributed by atoms with Gasteiger partial charge in [-0.25, -0.2) is 4.68 Å². The molecule has 24 heavy (non-hydrogen) atoms. The molecule has 1 atom stereocenters. The maximum atomic E-state index is 12.6. The second kappa shape index (κ2) is 7.48. The lowest BCUT2D eigenvalue weighted by Crippen LogP contribution is -2.32. The number of aromatic nitrogens is 2. The number of hydrogen-bond acceptors (Lipinski definition) is 3. The molecule has 0 spiro atoms. The molecular formula is C16H18F3N3O2. The summed E-state index contributed by atoms with van der Waals surface area (Å²) in [4.78, 5) is 12.2. The minimum Gasteiger partial charge on any atom is -0.396 e. The van der Waals surface area contributed by atoms with Gasteiger partial charge in [0.2, 0.25) is 0 Å². The highest BCUT2D eigenvalue weighted by atomic mass is 19.4. The average Bonchev–Trinajstić information content (AvgIpc) is 3.03. The number of nitrogens with zero attached hydrogens (tertiary/aromatic N) is 2. The van der Waals surface area contributed by atoms with Crippen LogP contribution in [0, 0.1) is 0 Å². The van der Waals surface area contributed by atoms with Crippen molar-refractivity contribution in [1.82, 2.24) is 15.1 Å². The first-order valence-corrected chi connectivity index (χ1v) is 7.46. The van der Waals surface area contributed by atoms with E-state index in [-0.39, 0.29) is 18.6 Å². The molecule has 2 rings (SSSR count). The molecule has 0 aliphatic carbocycles. The quantitative estimate of drug-likeness (QED) is 0.849. The molecule has 0 aliphatic heterocycles. The minimum atomic E-state index is -4.51. The molecular weight excluding hydrogens is 323 g/mol. The number of rotatable bonds is 6. The molecule has 2 N–H and O–H groups in total. The summed E-state index contributed by atoms with van der Waals surface area (Å²) in [5.74, 6) is -0.328. The van der Waals surface area contributed by atoms with Crippen molar-refractivity contribution >= 4 is 5.91 Å². The Morgan fingerprint density at radius 3 is 2.75 bits per heavy atom. The third-order valence-electron chi connectivity index (χ3n) is 3.43. The molecule has 1 unspecified atom stereocenters. The van der Waals surface area contributed by atoms with Gasteiger partial charge in [-0.05, 0) is 44.0 Å². The van der Waals surface area contributed by atoms with Crippen molar-refractivity contribution in [2.45, 2.75) is 32.0 Å². The lowest BCUT2D eigenvalue weighted by molar-refractivity contribution is -0.141. The van der Waals surface area contributed by atoms with Crippen LogP contribution < -0.4 is 5.32 Å². The van der Waals surface area contributed by atoms with E-state index in [2.05, 4.69) is 10.4 Å². The summed E-state index contributed by atoms with van der Waals surface area (Å²) in [7, 11) is 0. The van der Waals surface area contributed by atoms with E-state index in [9.17, 15) is 18.0 Å². The Balaban J connectivity index is 2.14. The third-order valence-corrected chi connectivity index (χ3v) is 3.43. The van der Waals surface area contributed by atoms with Crippen molar-refractivity contribution in [2.75, 3.05) is 6.61 Å². The maximum absolute atomic E-state index is 12.6. The van der Waals surface area contributed by atoms with Crippen molar-refractivity contribution in [3.05, 3.63) is 47.8 Å². The van der Waals surface area contributed by atoms with Crippen LogP contribution in [0.25, 0.3) is 5.69 Å². The van der Waals surface area contributed by atoms with E-state index in [4.69, 9.17) is 5.11 Å². The molecule has 0 aliphatic rings. The topological polar surface area (TPSA) is 67.2 Å². The number of carbonyl (C=O) groups is 1. The number of halogens is 3. The van der Waals surface area contributed by atoms with Gasteiger partial charge in [0, 0.05) is 24.4 Å². The Hall–Kier alpha value is -2.35. The van der Waals surface area contributed by atoms with E-state index >= 15 is 0 Å². The minimum absolute atomic E-state index is 0.0521. The average molecular weight is 341 g/mol. The van der Waals surface area contributed by atoms with E-state index in [1.165, 1.54) is 12.3 Å². The van der Waals surface area contributed by atoms with Crippen LogP contribution >= 0.6 is 0 Å². The summed E-state index contributed by atoms with van der Waals surface area (Å²) in [6.07, 6.45) is -2.10. The molecule has 0 radical (unpaired) electrons. The van der Waals surface area contributed by atoms with E-state index < -0.39 is 11.9 Å². The van der Waals surface area contributed by atoms with E-state index in [1.54, 1.807) is 18.2 Å². The van der Waals surface area contributed by atoms with Gasteiger partial charge in [-0.1, -0.05) is 6.07 Å². The Morgan fingerprint density at radius 2 is 2.12 bits per heavy atom. The summed E-state index contributed by atoms with van der Waals surface area (Å²) in [5.41, 5.74) is -0.302. The molecule has 0 bridgehead atoms. The second-order valence-electron chi connectivity index (χ2n) is 5.43. The van der Waals surface area contributed by atoms with Crippen molar-refractivity contribution in [3.63, 3.8) is 0 Å². The van der Waals surface area contributed by atoms with Crippen molar-refractivity contribution < 1.29 is 23.1 Å². The number of aliphatic hydroxyl groups excluding tert-OH is 1. The molecule has 1 aromatic heterocycles. The van der Waals surface area contributed by atoms with E-state index in [0.717, 1.165) is 10.7 Å². The monoisotopic (exact) mass is 341 g/mol. The summed E-state index contributed by atoms with van der Waals surface area (Å²) < 4.78 is 38.9. The smallest absolute Gasteiger partial charge is 0.396 e. The Kier molecular flexibility index (Phi) is 5.61. The zero-order chi connectivity index (χ0) is 17.7. The van der Waals surface area contributed by atoms with Crippen molar-refractivity contribution in [3.8, 4) is 5.69 Å².